The Kier molecular flexibility index (Phi) is 4.90. The molecule has 0 aromatic carbocycles. The van der Waals surface area contributed by atoms with Crippen LogP contribution >= 0.6 is 0 Å². The average molecular weight is 198 g/mol. The summed E-state index contributed by atoms with van der Waals surface area (Å²) < 4.78 is 0. The smallest absolute Gasteiger partial charge is 0.0189 e. The van der Waals surface area contributed by atoms with Crippen LogP contribution in [0.15, 0.2) is 0 Å². The van der Waals surface area contributed by atoms with Gasteiger partial charge in [-0.15, -0.1) is 0 Å². The largest absolute Gasteiger partial charge is 0.316 e. The lowest BCUT2D eigenvalue weighted by molar-refractivity contribution is 0.117. The van der Waals surface area contributed by atoms with Crippen LogP contribution in [0.25, 0.3) is 0 Å². The van der Waals surface area contributed by atoms with E-state index in [0.717, 1.165) is 12.0 Å². The van der Waals surface area contributed by atoms with E-state index in [1.807, 2.05) is 0 Å². The molecule has 14 heavy (non-hydrogen) atoms. The molecule has 1 fully saturated rings. The predicted molar refractivity (Wildman–Crippen MR) is 62.6 cm³/mol. The van der Waals surface area contributed by atoms with Crippen LogP contribution in [0.3, 0.4) is 0 Å². The first-order valence-electron chi connectivity index (χ1n) is 6.08. The molecule has 0 saturated carbocycles. The van der Waals surface area contributed by atoms with Crippen LogP contribution in [0.2, 0.25) is 0 Å². The van der Waals surface area contributed by atoms with Crippen LogP contribution in [0.4, 0.5) is 0 Å². The van der Waals surface area contributed by atoms with Gasteiger partial charge in [0, 0.05) is 18.6 Å². The minimum Gasteiger partial charge on any atom is -0.316 e. The molecule has 84 valence electrons. The second kappa shape index (κ2) is 5.72. The molecule has 0 aromatic heterocycles. The van der Waals surface area contributed by atoms with Crippen LogP contribution in [0.1, 0.15) is 40.0 Å². The van der Waals surface area contributed by atoms with Crippen molar-refractivity contribution in [1.29, 1.82) is 0 Å². The molecule has 1 N–H and O–H groups in total. The zero-order valence-corrected chi connectivity index (χ0v) is 10.2. The van der Waals surface area contributed by atoms with Crippen molar-refractivity contribution in [3.8, 4) is 0 Å². The summed E-state index contributed by atoms with van der Waals surface area (Å²) in [6.07, 6.45) is 3.99. The number of likely N-dealkylation sites (N-methyl/N-ethyl adjacent to an activating group) is 1. The zero-order chi connectivity index (χ0) is 10.6. The second-order valence-corrected chi connectivity index (χ2v) is 4.87. The zero-order valence-electron chi connectivity index (χ0n) is 10.2. The van der Waals surface area contributed by atoms with E-state index in [1.165, 1.54) is 32.4 Å². The van der Waals surface area contributed by atoms with Gasteiger partial charge in [-0.1, -0.05) is 13.8 Å². The summed E-state index contributed by atoms with van der Waals surface area (Å²) in [5.41, 5.74) is 0. The van der Waals surface area contributed by atoms with Crippen molar-refractivity contribution in [2.24, 2.45) is 5.92 Å². The molecule has 1 rings (SSSR count). The molecule has 0 radical (unpaired) electrons. The van der Waals surface area contributed by atoms with E-state index in [4.69, 9.17) is 0 Å². The molecule has 0 aromatic rings. The van der Waals surface area contributed by atoms with Gasteiger partial charge < -0.3 is 5.32 Å². The lowest BCUT2D eigenvalue weighted by Gasteiger charge is -2.38. The molecule has 2 nitrogen and oxygen atoms in total. The van der Waals surface area contributed by atoms with Gasteiger partial charge in [0.1, 0.15) is 0 Å². The quantitative estimate of drug-likeness (QED) is 0.744. The van der Waals surface area contributed by atoms with Gasteiger partial charge in [-0.05, 0) is 45.7 Å². The van der Waals surface area contributed by atoms with E-state index in [-0.39, 0.29) is 0 Å². The molecule has 3 atom stereocenters. The third kappa shape index (κ3) is 3.25. The predicted octanol–water partition coefficient (Wildman–Crippen LogP) is 2.10. The van der Waals surface area contributed by atoms with E-state index >= 15 is 0 Å². The van der Waals surface area contributed by atoms with Gasteiger partial charge in [0.2, 0.25) is 0 Å². The van der Waals surface area contributed by atoms with Crippen molar-refractivity contribution >= 4 is 0 Å². The third-order valence-electron chi connectivity index (χ3n) is 3.63. The maximum Gasteiger partial charge on any atom is 0.0189 e. The number of nitrogens with one attached hydrogen (secondary N) is 1. The summed E-state index contributed by atoms with van der Waals surface area (Å²) in [5, 5.41) is 3.39. The first-order valence-corrected chi connectivity index (χ1v) is 6.08. The van der Waals surface area contributed by atoms with Gasteiger partial charge in [0.05, 0.1) is 0 Å². The molecule has 0 aliphatic carbocycles. The molecule has 0 amide bonds. The molecule has 2 heteroatoms. The molecule has 0 spiro atoms. The lowest BCUT2D eigenvalue weighted by Crippen LogP contribution is -2.47. The number of hydrogen-bond acceptors (Lipinski definition) is 2. The Morgan fingerprint density at radius 2 is 2.14 bits per heavy atom. The Bertz CT molecular complexity index is 154. The van der Waals surface area contributed by atoms with Gasteiger partial charge in [0.15, 0.2) is 0 Å². The van der Waals surface area contributed by atoms with Crippen LogP contribution in [-0.2, 0) is 0 Å². The number of nitrogens with zero attached hydrogens (tertiary/aromatic N) is 1. The summed E-state index contributed by atoms with van der Waals surface area (Å²) >= 11 is 0. The Labute approximate surface area is 89.1 Å². The van der Waals surface area contributed by atoms with Crippen molar-refractivity contribution in [1.82, 2.24) is 10.2 Å². The van der Waals surface area contributed by atoms with E-state index in [1.54, 1.807) is 0 Å². The number of hydrogen-bond donors (Lipinski definition) is 1. The highest BCUT2D eigenvalue weighted by Crippen LogP contribution is 2.22. The highest BCUT2D eigenvalue weighted by Gasteiger charge is 2.23. The minimum absolute atomic E-state index is 0.672. The van der Waals surface area contributed by atoms with Crippen molar-refractivity contribution in [3.05, 3.63) is 0 Å². The Balaban J connectivity index is 2.36. The summed E-state index contributed by atoms with van der Waals surface area (Å²) in [5.74, 6) is 0.927. The van der Waals surface area contributed by atoms with Crippen molar-refractivity contribution < 1.29 is 0 Å². The van der Waals surface area contributed by atoms with Crippen LogP contribution < -0.4 is 5.32 Å². The highest BCUT2D eigenvalue weighted by molar-refractivity contribution is 4.80. The first-order chi connectivity index (χ1) is 6.67. The summed E-state index contributed by atoms with van der Waals surface area (Å²) in [4.78, 5) is 2.64. The standard InChI is InChI=1S/C12H26N2/c1-5-12(13-4)9-14-7-6-10(2)8-11(14)3/h10-13H,5-9H2,1-4H3. The monoisotopic (exact) mass is 198 g/mol. The SMILES string of the molecule is CCC(CN1CCC(C)CC1C)NC. The van der Waals surface area contributed by atoms with Gasteiger partial charge in [-0.25, -0.2) is 0 Å². The molecular weight excluding hydrogens is 172 g/mol. The molecule has 1 aliphatic heterocycles. The van der Waals surface area contributed by atoms with Crippen molar-refractivity contribution in [2.75, 3.05) is 20.1 Å². The van der Waals surface area contributed by atoms with Crippen LogP contribution in [-0.4, -0.2) is 37.1 Å². The second-order valence-electron chi connectivity index (χ2n) is 4.87. The maximum absolute atomic E-state index is 3.39. The average Bonchev–Trinajstić information content (AvgIpc) is 2.17. The first kappa shape index (κ1) is 12.0. The Hall–Kier alpha value is -0.0800. The van der Waals surface area contributed by atoms with E-state index in [9.17, 15) is 0 Å². The fourth-order valence-electron chi connectivity index (χ4n) is 2.43. The van der Waals surface area contributed by atoms with Crippen LogP contribution in [0, 0.1) is 5.92 Å². The Morgan fingerprint density at radius 3 is 2.64 bits per heavy atom. The van der Waals surface area contributed by atoms with Crippen molar-refractivity contribution in [2.45, 2.75) is 52.1 Å². The maximum atomic E-state index is 3.39. The lowest BCUT2D eigenvalue weighted by atomic mass is 9.93. The van der Waals surface area contributed by atoms with E-state index in [2.05, 4.69) is 38.0 Å². The van der Waals surface area contributed by atoms with Gasteiger partial charge >= 0.3 is 0 Å². The number of piperidine rings is 1. The molecule has 1 heterocycles. The van der Waals surface area contributed by atoms with Crippen LogP contribution in [0.5, 0.6) is 0 Å². The summed E-state index contributed by atoms with van der Waals surface area (Å²) in [7, 11) is 2.07. The Morgan fingerprint density at radius 1 is 1.43 bits per heavy atom. The van der Waals surface area contributed by atoms with Gasteiger partial charge in [-0.2, -0.15) is 0 Å². The highest BCUT2D eigenvalue weighted by atomic mass is 15.2. The molecule has 1 saturated heterocycles. The van der Waals surface area contributed by atoms with Crippen molar-refractivity contribution in [3.63, 3.8) is 0 Å². The molecule has 1 aliphatic rings. The van der Waals surface area contributed by atoms with E-state index in [0.29, 0.717) is 6.04 Å². The third-order valence-corrected chi connectivity index (χ3v) is 3.63. The number of rotatable bonds is 4. The van der Waals surface area contributed by atoms with Gasteiger partial charge in [-0.3, -0.25) is 4.90 Å². The molecule has 0 bridgehead atoms. The summed E-state index contributed by atoms with van der Waals surface area (Å²) in [6, 6.07) is 1.45. The molecular formula is C12H26N2. The summed E-state index contributed by atoms with van der Waals surface area (Å²) in [6.45, 7) is 9.53. The fraction of sp³-hybridized carbons (Fsp3) is 1.00. The minimum atomic E-state index is 0.672. The van der Waals surface area contributed by atoms with E-state index < -0.39 is 0 Å². The topological polar surface area (TPSA) is 15.3 Å². The van der Waals surface area contributed by atoms with Gasteiger partial charge in [0.25, 0.3) is 0 Å². The fourth-order valence-corrected chi connectivity index (χ4v) is 2.43. The normalized spacial score (nSPS) is 31.7. The molecule has 3 unspecified atom stereocenters. The number of likely N-dealkylation sites (tertiary alicyclic amines) is 1.